The van der Waals surface area contributed by atoms with E-state index in [1.165, 1.54) is 24.4 Å². The van der Waals surface area contributed by atoms with Crippen molar-refractivity contribution in [1.82, 2.24) is 14.9 Å². The van der Waals surface area contributed by atoms with E-state index in [9.17, 15) is 28.3 Å². The molecule has 1 fully saturated rings. The van der Waals surface area contributed by atoms with Gasteiger partial charge in [-0.2, -0.15) is 18.4 Å². The molecule has 2 atom stereocenters. The second-order valence-corrected chi connectivity index (χ2v) is 7.96. The molecule has 166 valence electrons. The van der Waals surface area contributed by atoms with Crippen molar-refractivity contribution in [3.63, 3.8) is 0 Å². The Hall–Kier alpha value is -3.38. The number of nitrogens with zero attached hydrogens (tertiary/aromatic N) is 3. The Bertz CT molecular complexity index is 1180. The van der Waals surface area contributed by atoms with Crippen LogP contribution in [0.2, 0.25) is 0 Å². The Morgan fingerprint density at radius 1 is 1.22 bits per heavy atom. The van der Waals surface area contributed by atoms with Crippen LogP contribution >= 0.6 is 0 Å². The fraction of sp³-hybridized carbons (Fsp3) is 0.348. The third-order valence-corrected chi connectivity index (χ3v) is 5.80. The fourth-order valence-electron chi connectivity index (χ4n) is 4.13. The number of amides is 1. The van der Waals surface area contributed by atoms with Crippen LogP contribution in [0.25, 0.3) is 11.0 Å². The van der Waals surface area contributed by atoms with E-state index < -0.39 is 23.8 Å². The highest BCUT2D eigenvalue weighted by molar-refractivity contribution is 6.06. The zero-order valence-electron chi connectivity index (χ0n) is 17.1. The number of nitrogens with one attached hydrogen (secondary N) is 1. The van der Waals surface area contributed by atoms with Gasteiger partial charge in [0.05, 0.1) is 34.4 Å². The summed E-state index contributed by atoms with van der Waals surface area (Å²) in [4.78, 5) is 17.3. The number of aliphatic hydroxyl groups is 1. The summed E-state index contributed by atoms with van der Waals surface area (Å²) in [5.74, 6) is -0.408. The predicted octanol–water partition coefficient (Wildman–Crippen LogP) is 4.01. The number of nitriles is 1. The van der Waals surface area contributed by atoms with Crippen LogP contribution < -0.4 is 5.32 Å². The molecule has 0 radical (unpaired) electrons. The molecule has 4 rings (SSSR count). The molecule has 32 heavy (non-hydrogen) atoms. The third-order valence-electron chi connectivity index (χ3n) is 5.80. The van der Waals surface area contributed by atoms with Crippen molar-refractivity contribution in [3.05, 3.63) is 65.0 Å². The van der Waals surface area contributed by atoms with E-state index in [4.69, 9.17) is 0 Å². The molecular weight excluding hydrogens is 421 g/mol. The maximum absolute atomic E-state index is 13.0. The van der Waals surface area contributed by atoms with E-state index in [0.717, 1.165) is 25.0 Å². The average Bonchev–Trinajstić information content (AvgIpc) is 3.14. The maximum Gasteiger partial charge on any atom is 0.416 e. The lowest BCUT2D eigenvalue weighted by atomic mass is 9.92. The molecule has 0 bridgehead atoms. The molecule has 1 aromatic carbocycles. The Morgan fingerprint density at radius 3 is 2.59 bits per heavy atom. The SMILES string of the molecule is N#Cc1ccnc2c(C(=O)N[C@H]3CCCCC3O)cn(Cc3ccc(C(F)(F)F)cc3)c12. The molecule has 0 saturated heterocycles. The first kappa shape index (κ1) is 21.8. The Balaban J connectivity index is 1.68. The highest BCUT2D eigenvalue weighted by Crippen LogP contribution is 2.30. The van der Waals surface area contributed by atoms with Crippen LogP contribution in [0.3, 0.4) is 0 Å². The van der Waals surface area contributed by atoms with Crippen LogP contribution in [0.5, 0.6) is 0 Å². The predicted molar refractivity (Wildman–Crippen MR) is 111 cm³/mol. The molecule has 1 aliphatic rings. The minimum atomic E-state index is -4.43. The smallest absolute Gasteiger partial charge is 0.391 e. The number of benzene rings is 1. The molecule has 3 aromatic rings. The van der Waals surface area contributed by atoms with Crippen molar-refractivity contribution in [2.75, 3.05) is 0 Å². The number of alkyl halides is 3. The van der Waals surface area contributed by atoms with E-state index in [1.807, 2.05) is 0 Å². The number of carbonyl (C=O) groups is 1. The maximum atomic E-state index is 13.0. The molecule has 1 amide bonds. The van der Waals surface area contributed by atoms with E-state index in [0.29, 0.717) is 35.0 Å². The number of hydrogen-bond donors (Lipinski definition) is 2. The van der Waals surface area contributed by atoms with Crippen LogP contribution in [0.4, 0.5) is 13.2 Å². The monoisotopic (exact) mass is 442 g/mol. The topological polar surface area (TPSA) is 90.9 Å². The van der Waals surface area contributed by atoms with Crippen molar-refractivity contribution in [2.24, 2.45) is 0 Å². The number of carbonyl (C=O) groups excluding carboxylic acids is 1. The minimum Gasteiger partial charge on any atom is -0.391 e. The summed E-state index contributed by atoms with van der Waals surface area (Å²) in [7, 11) is 0. The van der Waals surface area contributed by atoms with Gasteiger partial charge < -0.3 is 15.0 Å². The summed E-state index contributed by atoms with van der Waals surface area (Å²) in [6.07, 6.45) is 1.07. The number of pyridine rings is 1. The van der Waals surface area contributed by atoms with Gasteiger partial charge in [0, 0.05) is 18.9 Å². The second kappa shape index (κ2) is 8.63. The van der Waals surface area contributed by atoms with E-state index in [2.05, 4.69) is 16.4 Å². The molecule has 2 N–H and O–H groups in total. The number of aliphatic hydroxyl groups excluding tert-OH is 1. The number of fused-ring (bicyclic) bond motifs is 1. The fourth-order valence-corrected chi connectivity index (χ4v) is 4.13. The lowest BCUT2D eigenvalue weighted by Crippen LogP contribution is -2.45. The first-order valence-electron chi connectivity index (χ1n) is 10.3. The van der Waals surface area contributed by atoms with E-state index >= 15 is 0 Å². The Morgan fingerprint density at radius 2 is 1.94 bits per heavy atom. The molecule has 6 nitrogen and oxygen atoms in total. The van der Waals surface area contributed by atoms with Gasteiger partial charge in [-0.15, -0.1) is 0 Å². The second-order valence-electron chi connectivity index (χ2n) is 7.96. The van der Waals surface area contributed by atoms with Gasteiger partial charge >= 0.3 is 6.18 Å². The quantitative estimate of drug-likeness (QED) is 0.639. The highest BCUT2D eigenvalue weighted by atomic mass is 19.4. The highest BCUT2D eigenvalue weighted by Gasteiger charge is 2.30. The number of aromatic nitrogens is 2. The van der Waals surface area contributed by atoms with Crippen molar-refractivity contribution in [3.8, 4) is 6.07 Å². The van der Waals surface area contributed by atoms with Crippen molar-refractivity contribution >= 4 is 16.9 Å². The molecular formula is C23H21F3N4O2. The van der Waals surface area contributed by atoms with Crippen molar-refractivity contribution in [1.29, 1.82) is 5.26 Å². The van der Waals surface area contributed by atoms with Gasteiger partial charge in [-0.3, -0.25) is 9.78 Å². The third kappa shape index (κ3) is 4.32. The molecule has 2 aromatic heterocycles. The van der Waals surface area contributed by atoms with Crippen molar-refractivity contribution < 1.29 is 23.1 Å². The summed E-state index contributed by atoms with van der Waals surface area (Å²) in [5, 5.41) is 22.6. The summed E-state index contributed by atoms with van der Waals surface area (Å²) in [6, 6.07) is 8.00. The first-order valence-corrected chi connectivity index (χ1v) is 10.3. The standard InChI is InChI=1S/C23H21F3N4O2/c24-23(25,26)16-7-5-14(6-8-16)12-30-13-17(20-21(30)15(11-27)9-10-28-20)22(32)29-18-3-1-2-4-19(18)31/h5-10,13,18-19,31H,1-4,12H2,(H,29,32)/t18-,19?/m0/s1. The lowest BCUT2D eigenvalue weighted by molar-refractivity contribution is -0.137. The van der Waals surface area contributed by atoms with Gasteiger partial charge in [0.25, 0.3) is 5.91 Å². The molecule has 9 heteroatoms. The number of halogens is 3. The normalized spacial score (nSPS) is 19.0. The number of hydrogen-bond acceptors (Lipinski definition) is 4. The van der Waals surface area contributed by atoms with Crippen molar-refractivity contribution in [2.45, 2.75) is 50.6 Å². The zero-order valence-corrected chi connectivity index (χ0v) is 17.1. The van der Waals surface area contributed by atoms with Gasteiger partial charge in [-0.05, 0) is 36.6 Å². The van der Waals surface area contributed by atoms with Crippen LogP contribution in [0.1, 0.15) is 52.7 Å². The molecule has 1 aliphatic carbocycles. The minimum absolute atomic E-state index is 0.161. The molecule has 1 unspecified atom stereocenters. The zero-order chi connectivity index (χ0) is 22.9. The molecule has 0 spiro atoms. The van der Waals surface area contributed by atoms with Gasteiger partial charge in [-0.25, -0.2) is 0 Å². The summed E-state index contributed by atoms with van der Waals surface area (Å²) in [6.45, 7) is 0.161. The van der Waals surface area contributed by atoms with E-state index in [-0.39, 0.29) is 18.2 Å². The van der Waals surface area contributed by atoms with Gasteiger partial charge in [0.15, 0.2) is 0 Å². The average molecular weight is 442 g/mol. The summed E-state index contributed by atoms with van der Waals surface area (Å²) < 4.78 is 40.2. The molecule has 2 heterocycles. The van der Waals surface area contributed by atoms with Crippen LogP contribution in [0.15, 0.2) is 42.7 Å². The van der Waals surface area contributed by atoms with Crippen LogP contribution in [-0.4, -0.2) is 32.7 Å². The lowest BCUT2D eigenvalue weighted by Gasteiger charge is -2.28. The van der Waals surface area contributed by atoms with Crippen LogP contribution in [0, 0.1) is 11.3 Å². The Kier molecular flexibility index (Phi) is 5.89. The van der Waals surface area contributed by atoms with Gasteiger partial charge in [-0.1, -0.05) is 25.0 Å². The summed E-state index contributed by atoms with van der Waals surface area (Å²) in [5.41, 5.74) is 1.16. The van der Waals surface area contributed by atoms with Gasteiger partial charge in [0.2, 0.25) is 0 Å². The molecule has 0 aliphatic heterocycles. The summed E-state index contributed by atoms with van der Waals surface area (Å²) >= 11 is 0. The molecule has 1 saturated carbocycles. The Labute approximate surface area is 182 Å². The van der Waals surface area contributed by atoms with Gasteiger partial charge in [0.1, 0.15) is 11.6 Å². The number of rotatable bonds is 4. The largest absolute Gasteiger partial charge is 0.416 e. The first-order chi connectivity index (χ1) is 15.3. The van der Waals surface area contributed by atoms with E-state index in [1.54, 1.807) is 10.8 Å². The van der Waals surface area contributed by atoms with Crippen LogP contribution in [-0.2, 0) is 12.7 Å².